The van der Waals surface area contributed by atoms with Crippen LogP contribution in [0.2, 0.25) is 0 Å². The first-order chi connectivity index (χ1) is 15.1. The molecule has 0 bridgehead atoms. The average Bonchev–Trinajstić information content (AvgIpc) is 2.77. The molecule has 174 valence electrons. The lowest BCUT2D eigenvalue weighted by Gasteiger charge is -2.37. The molecule has 0 atom stereocenters. The minimum atomic E-state index is -0.621. The molecule has 32 heavy (non-hydrogen) atoms. The third-order valence-corrected chi connectivity index (χ3v) is 6.93. The van der Waals surface area contributed by atoms with Gasteiger partial charge in [0.15, 0.2) is 11.5 Å². The second-order valence-corrected chi connectivity index (χ2v) is 10.2. The maximum atomic E-state index is 13.4. The van der Waals surface area contributed by atoms with E-state index in [1.54, 1.807) is 38.4 Å². The van der Waals surface area contributed by atoms with Gasteiger partial charge in [0.25, 0.3) is 0 Å². The molecular formula is C26H36N2O4. The van der Waals surface area contributed by atoms with Gasteiger partial charge >= 0.3 is 6.09 Å². The summed E-state index contributed by atoms with van der Waals surface area (Å²) in [7, 11) is 3.42. The lowest BCUT2D eigenvalue weighted by atomic mass is 9.68. The molecular weight excluding hydrogens is 404 g/mol. The zero-order valence-electron chi connectivity index (χ0n) is 20.0. The van der Waals surface area contributed by atoms with Crippen LogP contribution in [-0.2, 0) is 4.74 Å². The van der Waals surface area contributed by atoms with Gasteiger partial charge in [-0.15, -0.1) is 0 Å². The fourth-order valence-corrected chi connectivity index (χ4v) is 4.75. The van der Waals surface area contributed by atoms with Crippen LogP contribution in [0.1, 0.15) is 73.6 Å². The van der Waals surface area contributed by atoms with E-state index in [-0.39, 0.29) is 22.7 Å². The number of carbonyl (C=O) groups excluding carboxylic acids is 3. The number of rotatable bonds is 6. The molecule has 1 fully saturated rings. The predicted octanol–water partition coefficient (Wildman–Crippen LogP) is 4.85. The average molecular weight is 441 g/mol. The first-order valence-electron chi connectivity index (χ1n) is 11.6. The zero-order chi connectivity index (χ0) is 23.5. The van der Waals surface area contributed by atoms with Crippen molar-refractivity contribution in [3.63, 3.8) is 0 Å². The van der Waals surface area contributed by atoms with Crippen molar-refractivity contribution in [2.75, 3.05) is 27.2 Å². The molecule has 6 heteroatoms. The number of ketones is 2. The van der Waals surface area contributed by atoms with Crippen LogP contribution in [0.15, 0.2) is 35.6 Å². The molecule has 0 unspecified atom stereocenters. The normalized spacial score (nSPS) is 21.4. The zero-order valence-corrected chi connectivity index (χ0v) is 20.0. The SMILES string of the molecule is CNCCN(C)C(=O)OC1=C(CC2CCC(C(C)(C)C)CC2)C(=O)c2ccccc2C1=O. The monoisotopic (exact) mass is 440 g/mol. The molecule has 0 radical (unpaired) electrons. The van der Waals surface area contributed by atoms with Crippen LogP contribution < -0.4 is 5.32 Å². The number of Topliss-reactive ketones (excluding diaryl/α,β-unsaturated/α-hetero) is 2. The third kappa shape index (κ3) is 5.29. The molecule has 1 aromatic carbocycles. The summed E-state index contributed by atoms with van der Waals surface area (Å²) >= 11 is 0. The number of hydrogen-bond donors (Lipinski definition) is 1. The van der Waals surface area contributed by atoms with E-state index in [4.69, 9.17) is 4.74 Å². The number of nitrogens with one attached hydrogen (secondary N) is 1. The Bertz CT molecular complexity index is 905. The Labute approximate surface area is 191 Å². The summed E-state index contributed by atoms with van der Waals surface area (Å²) in [6.45, 7) is 7.88. The second-order valence-electron chi connectivity index (χ2n) is 10.2. The molecule has 0 saturated heterocycles. The molecule has 1 saturated carbocycles. The van der Waals surface area contributed by atoms with E-state index in [1.165, 1.54) is 4.90 Å². The van der Waals surface area contributed by atoms with Crippen molar-refractivity contribution in [3.05, 3.63) is 46.7 Å². The van der Waals surface area contributed by atoms with Crippen LogP contribution in [0.5, 0.6) is 0 Å². The molecule has 3 rings (SSSR count). The van der Waals surface area contributed by atoms with Gasteiger partial charge in [-0.25, -0.2) is 4.79 Å². The summed E-state index contributed by atoms with van der Waals surface area (Å²) in [6, 6.07) is 6.79. The largest absolute Gasteiger partial charge is 0.415 e. The number of benzene rings is 1. The van der Waals surface area contributed by atoms with Gasteiger partial charge in [0, 0.05) is 36.8 Å². The van der Waals surface area contributed by atoms with Gasteiger partial charge in [-0.1, -0.05) is 45.0 Å². The fraction of sp³-hybridized carbons (Fsp3) is 0.577. The standard InChI is InChI=1S/C26H36N2O4/c1-26(2,3)18-12-10-17(11-13-18)16-21-22(29)19-8-6-7-9-20(19)23(30)24(21)32-25(31)28(5)15-14-27-4/h6-9,17-18,27H,10-16H2,1-5H3. The highest BCUT2D eigenvalue weighted by atomic mass is 16.6. The number of carbonyl (C=O) groups is 3. The highest BCUT2D eigenvalue weighted by molar-refractivity contribution is 6.26. The summed E-state index contributed by atoms with van der Waals surface area (Å²) < 4.78 is 5.59. The molecule has 0 spiro atoms. The van der Waals surface area contributed by atoms with Crippen LogP contribution >= 0.6 is 0 Å². The van der Waals surface area contributed by atoms with E-state index >= 15 is 0 Å². The number of nitrogens with zero attached hydrogens (tertiary/aromatic N) is 1. The molecule has 2 aliphatic carbocycles. The molecule has 1 N–H and O–H groups in total. The van der Waals surface area contributed by atoms with E-state index < -0.39 is 6.09 Å². The van der Waals surface area contributed by atoms with Crippen molar-refractivity contribution in [2.45, 2.75) is 52.9 Å². The minimum Gasteiger partial charge on any atom is -0.406 e. The first-order valence-corrected chi connectivity index (χ1v) is 11.6. The summed E-state index contributed by atoms with van der Waals surface area (Å²) in [5, 5.41) is 2.98. The maximum Gasteiger partial charge on any atom is 0.415 e. The Morgan fingerprint density at radius 2 is 1.66 bits per heavy atom. The lowest BCUT2D eigenvalue weighted by Crippen LogP contribution is -2.35. The van der Waals surface area contributed by atoms with Gasteiger partial charge < -0.3 is 15.0 Å². The van der Waals surface area contributed by atoms with Crippen LogP contribution in [0, 0.1) is 17.3 Å². The topological polar surface area (TPSA) is 75.7 Å². The molecule has 1 amide bonds. The fourth-order valence-electron chi connectivity index (χ4n) is 4.75. The van der Waals surface area contributed by atoms with Crippen LogP contribution in [0.3, 0.4) is 0 Å². The Morgan fingerprint density at radius 3 is 2.22 bits per heavy atom. The van der Waals surface area contributed by atoms with Gasteiger partial charge in [0.05, 0.1) is 0 Å². The maximum absolute atomic E-state index is 13.4. The summed E-state index contributed by atoms with van der Waals surface area (Å²) in [5.74, 6) is 0.303. The van der Waals surface area contributed by atoms with Gasteiger partial charge in [-0.3, -0.25) is 9.59 Å². The molecule has 2 aliphatic rings. The Hall–Kier alpha value is -2.47. The molecule has 1 aromatic rings. The van der Waals surface area contributed by atoms with Crippen molar-refractivity contribution in [1.29, 1.82) is 0 Å². The van der Waals surface area contributed by atoms with Crippen LogP contribution in [0.25, 0.3) is 0 Å². The van der Waals surface area contributed by atoms with Crippen LogP contribution in [0.4, 0.5) is 4.79 Å². The lowest BCUT2D eigenvalue weighted by molar-refractivity contribution is 0.0861. The molecule has 0 heterocycles. The van der Waals surface area contributed by atoms with Crippen molar-refractivity contribution in [2.24, 2.45) is 17.3 Å². The minimum absolute atomic E-state index is 0.0899. The van der Waals surface area contributed by atoms with Gasteiger partial charge in [0.2, 0.25) is 5.78 Å². The first kappa shape index (κ1) is 24.2. The number of ether oxygens (including phenoxy) is 1. The molecule has 0 aliphatic heterocycles. The summed E-state index contributed by atoms with van der Waals surface area (Å²) in [6.07, 6.45) is 4.10. The highest BCUT2D eigenvalue weighted by Gasteiger charge is 2.37. The Balaban J connectivity index is 1.85. The summed E-state index contributed by atoms with van der Waals surface area (Å²) in [4.78, 5) is 40.7. The van der Waals surface area contributed by atoms with Gasteiger partial charge in [0.1, 0.15) is 0 Å². The smallest absolute Gasteiger partial charge is 0.406 e. The van der Waals surface area contributed by atoms with E-state index in [1.807, 2.05) is 0 Å². The van der Waals surface area contributed by atoms with E-state index in [2.05, 4.69) is 26.1 Å². The van der Waals surface area contributed by atoms with E-state index in [0.717, 1.165) is 25.7 Å². The van der Waals surface area contributed by atoms with Crippen molar-refractivity contribution in [1.82, 2.24) is 10.2 Å². The van der Waals surface area contributed by atoms with Crippen molar-refractivity contribution >= 4 is 17.7 Å². The van der Waals surface area contributed by atoms with Crippen molar-refractivity contribution < 1.29 is 19.1 Å². The number of amides is 1. The third-order valence-electron chi connectivity index (χ3n) is 6.93. The van der Waals surface area contributed by atoms with Gasteiger partial charge in [-0.2, -0.15) is 0 Å². The highest BCUT2D eigenvalue weighted by Crippen LogP contribution is 2.42. The number of hydrogen-bond acceptors (Lipinski definition) is 5. The summed E-state index contributed by atoms with van der Waals surface area (Å²) in [5.41, 5.74) is 1.33. The Morgan fingerprint density at radius 1 is 1.06 bits per heavy atom. The second kappa shape index (κ2) is 9.99. The van der Waals surface area contributed by atoms with Crippen molar-refractivity contribution in [3.8, 4) is 0 Å². The predicted molar refractivity (Wildman–Crippen MR) is 125 cm³/mol. The molecule has 6 nitrogen and oxygen atoms in total. The van der Waals surface area contributed by atoms with E-state index in [9.17, 15) is 14.4 Å². The number of likely N-dealkylation sites (N-methyl/N-ethyl adjacent to an activating group) is 2. The Kier molecular flexibility index (Phi) is 7.55. The number of allylic oxidation sites excluding steroid dienone is 2. The van der Waals surface area contributed by atoms with E-state index in [0.29, 0.717) is 48.0 Å². The van der Waals surface area contributed by atoms with Gasteiger partial charge in [-0.05, 0) is 56.4 Å². The quantitative estimate of drug-likeness (QED) is 0.684. The van der Waals surface area contributed by atoms with Crippen LogP contribution in [-0.4, -0.2) is 49.7 Å². The number of fused-ring (bicyclic) bond motifs is 1. The molecule has 0 aromatic heterocycles.